The summed E-state index contributed by atoms with van der Waals surface area (Å²) in [6.45, 7) is 1.97. The zero-order valence-electron chi connectivity index (χ0n) is 11.0. The molecule has 0 bridgehead atoms. The van der Waals surface area contributed by atoms with Crippen LogP contribution in [-0.4, -0.2) is 70.4 Å². The molecule has 3 atom stereocenters. The fourth-order valence-electron chi connectivity index (χ4n) is 2.41. The van der Waals surface area contributed by atoms with Crippen molar-refractivity contribution in [3.05, 3.63) is 0 Å². The molecule has 0 amide bonds. The summed E-state index contributed by atoms with van der Waals surface area (Å²) in [5, 5.41) is 13.5. The predicted octanol–water partition coefficient (Wildman–Crippen LogP) is -1.57. The monoisotopic (exact) mass is 294 g/mol. The molecule has 3 unspecified atom stereocenters. The van der Waals surface area contributed by atoms with E-state index in [9.17, 15) is 13.5 Å². The number of ether oxygens (including phenoxy) is 2. The number of hydrogen-bond donors (Lipinski definition) is 3. The third-order valence-corrected chi connectivity index (χ3v) is 4.19. The molecule has 2 aliphatic rings. The normalized spacial score (nSPS) is 33.7. The van der Waals surface area contributed by atoms with Gasteiger partial charge in [0.05, 0.1) is 31.1 Å². The van der Waals surface area contributed by atoms with Crippen molar-refractivity contribution in [2.45, 2.75) is 37.1 Å². The smallest absolute Gasteiger partial charge is 0.208 e. The second-order valence-electron chi connectivity index (χ2n) is 5.14. The molecule has 2 saturated heterocycles. The molecule has 2 rings (SSSR count). The standard InChI is InChI=1S/C11H22N2O5S/c1-19(15,16)12-6-10-11(14)9(7-18-10)13-8-2-4-17-5-3-8/h8-14H,2-7H2,1H3. The van der Waals surface area contributed by atoms with Crippen molar-refractivity contribution < 1.29 is 23.0 Å². The van der Waals surface area contributed by atoms with Crippen molar-refractivity contribution >= 4 is 10.0 Å². The van der Waals surface area contributed by atoms with Gasteiger partial charge in [0.15, 0.2) is 0 Å². The van der Waals surface area contributed by atoms with Gasteiger partial charge < -0.3 is 19.9 Å². The van der Waals surface area contributed by atoms with Crippen LogP contribution in [0.3, 0.4) is 0 Å². The molecular weight excluding hydrogens is 272 g/mol. The molecule has 3 N–H and O–H groups in total. The summed E-state index contributed by atoms with van der Waals surface area (Å²) < 4.78 is 35.1. The lowest BCUT2D eigenvalue weighted by Crippen LogP contribution is -2.49. The summed E-state index contributed by atoms with van der Waals surface area (Å²) in [6.07, 6.45) is 1.75. The van der Waals surface area contributed by atoms with Crippen LogP contribution in [0.4, 0.5) is 0 Å². The van der Waals surface area contributed by atoms with E-state index >= 15 is 0 Å². The average Bonchev–Trinajstić information content (AvgIpc) is 2.69. The molecule has 0 spiro atoms. The molecule has 112 valence electrons. The van der Waals surface area contributed by atoms with E-state index in [1.807, 2.05) is 0 Å². The van der Waals surface area contributed by atoms with Crippen LogP contribution in [0.15, 0.2) is 0 Å². The second-order valence-corrected chi connectivity index (χ2v) is 6.98. The Labute approximate surface area is 113 Å². The van der Waals surface area contributed by atoms with Crippen LogP contribution in [-0.2, 0) is 19.5 Å². The van der Waals surface area contributed by atoms with E-state index < -0.39 is 22.2 Å². The highest BCUT2D eigenvalue weighted by atomic mass is 32.2. The molecule has 0 aromatic rings. The lowest BCUT2D eigenvalue weighted by Gasteiger charge is -2.27. The van der Waals surface area contributed by atoms with E-state index in [4.69, 9.17) is 9.47 Å². The Morgan fingerprint density at radius 2 is 2.00 bits per heavy atom. The van der Waals surface area contributed by atoms with Crippen molar-refractivity contribution in [2.24, 2.45) is 0 Å². The van der Waals surface area contributed by atoms with Gasteiger partial charge in [-0.2, -0.15) is 0 Å². The van der Waals surface area contributed by atoms with Crippen molar-refractivity contribution in [2.75, 3.05) is 32.6 Å². The Hall–Kier alpha value is -0.250. The minimum absolute atomic E-state index is 0.103. The molecule has 0 aromatic heterocycles. The highest BCUT2D eigenvalue weighted by Gasteiger charge is 2.37. The van der Waals surface area contributed by atoms with Gasteiger partial charge in [-0.05, 0) is 12.8 Å². The Kier molecular flexibility index (Phi) is 5.15. The predicted molar refractivity (Wildman–Crippen MR) is 69.4 cm³/mol. The van der Waals surface area contributed by atoms with Crippen molar-refractivity contribution in [1.82, 2.24) is 10.0 Å². The second kappa shape index (κ2) is 6.47. The first kappa shape index (κ1) is 15.1. The lowest BCUT2D eigenvalue weighted by atomic mass is 10.0. The van der Waals surface area contributed by atoms with Gasteiger partial charge in [-0.3, -0.25) is 0 Å². The molecule has 0 aromatic carbocycles. The van der Waals surface area contributed by atoms with Crippen LogP contribution in [0.25, 0.3) is 0 Å². The Morgan fingerprint density at radius 3 is 2.63 bits per heavy atom. The van der Waals surface area contributed by atoms with Crippen LogP contribution < -0.4 is 10.0 Å². The number of aliphatic hydroxyl groups is 1. The van der Waals surface area contributed by atoms with E-state index in [2.05, 4.69) is 10.0 Å². The first-order valence-corrected chi connectivity index (χ1v) is 8.43. The first-order chi connectivity index (χ1) is 8.96. The van der Waals surface area contributed by atoms with Crippen LogP contribution in [0.1, 0.15) is 12.8 Å². The summed E-state index contributed by atoms with van der Waals surface area (Å²) in [7, 11) is -3.26. The van der Waals surface area contributed by atoms with E-state index in [1.54, 1.807) is 0 Å². The van der Waals surface area contributed by atoms with Crippen molar-refractivity contribution in [3.8, 4) is 0 Å². The molecule has 7 nitrogen and oxygen atoms in total. The fourth-order valence-corrected chi connectivity index (χ4v) is 2.88. The SMILES string of the molecule is CS(=O)(=O)NCC1OCC(NC2CCOCC2)C1O. The average molecular weight is 294 g/mol. The third-order valence-electron chi connectivity index (χ3n) is 3.50. The molecule has 8 heteroatoms. The van der Waals surface area contributed by atoms with Gasteiger partial charge in [0.25, 0.3) is 0 Å². The van der Waals surface area contributed by atoms with Crippen molar-refractivity contribution in [1.29, 1.82) is 0 Å². The zero-order valence-corrected chi connectivity index (χ0v) is 11.9. The number of hydrogen-bond acceptors (Lipinski definition) is 6. The van der Waals surface area contributed by atoms with Crippen LogP contribution in [0.5, 0.6) is 0 Å². The van der Waals surface area contributed by atoms with Crippen LogP contribution in [0, 0.1) is 0 Å². The molecule has 2 aliphatic heterocycles. The molecule has 2 fully saturated rings. The highest BCUT2D eigenvalue weighted by Crippen LogP contribution is 2.17. The van der Waals surface area contributed by atoms with E-state index in [-0.39, 0.29) is 12.6 Å². The van der Waals surface area contributed by atoms with Gasteiger partial charge >= 0.3 is 0 Å². The van der Waals surface area contributed by atoms with E-state index in [0.29, 0.717) is 12.6 Å². The summed E-state index contributed by atoms with van der Waals surface area (Å²) in [6, 6.07) is 0.188. The number of rotatable bonds is 5. The fraction of sp³-hybridized carbons (Fsp3) is 1.00. The molecule has 0 radical (unpaired) electrons. The Morgan fingerprint density at radius 1 is 1.32 bits per heavy atom. The van der Waals surface area contributed by atoms with E-state index in [1.165, 1.54) is 0 Å². The number of sulfonamides is 1. The summed E-state index contributed by atoms with van der Waals surface area (Å²) in [4.78, 5) is 0. The zero-order chi connectivity index (χ0) is 13.9. The van der Waals surface area contributed by atoms with Gasteiger partial charge in [0.1, 0.15) is 0 Å². The van der Waals surface area contributed by atoms with Crippen LogP contribution >= 0.6 is 0 Å². The molecule has 0 saturated carbocycles. The van der Waals surface area contributed by atoms with Gasteiger partial charge in [-0.1, -0.05) is 0 Å². The maximum Gasteiger partial charge on any atom is 0.208 e. The maximum absolute atomic E-state index is 11.0. The minimum Gasteiger partial charge on any atom is -0.389 e. The highest BCUT2D eigenvalue weighted by molar-refractivity contribution is 7.88. The minimum atomic E-state index is -3.26. The topological polar surface area (TPSA) is 96.9 Å². The van der Waals surface area contributed by atoms with Gasteiger partial charge in [0.2, 0.25) is 10.0 Å². The summed E-state index contributed by atoms with van der Waals surface area (Å²) >= 11 is 0. The van der Waals surface area contributed by atoms with Crippen molar-refractivity contribution in [3.63, 3.8) is 0 Å². The van der Waals surface area contributed by atoms with Crippen LogP contribution in [0.2, 0.25) is 0 Å². The number of nitrogens with one attached hydrogen (secondary N) is 2. The third kappa shape index (κ3) is 4.66. The van der Waals surface area contributed by atoms with Gasteiger partial charge in [-0.25, -0.2) is 13.1 Å². The first-order valence-electron chi connectivity index (χ1n) is 6.54. The molecule has 2 heterocycles. The molecule has 19 heavy (non-hydrogen) atoms. The maximum atomic E-state index is 11.0. The Balaban J connectivity index is 1.78. The number of aliphatic hydroxyl groups excluding tert-OH is 1. The summed E-state index contributed by atoms with van der Waals surface area (Å²) in [5.41, 5.74) is 0. The molecule has 0 aliphatic carbocycles. The van der Waals surface area contributed by atoms with E-state index in [0.717, 1.165) is 32.3 Å². The lowest BCUT2D eigenvalue weighted by molar-refractivity contribution is 0.0416. The van der Waals surface area contributed by atoms with Gasteiger partial charge in [0, 0.05) is 25.8 Å². The Bertz CT molecular complexity index is 383. The molecular formula is C11H22N2O5S. The quantitative estimate of drug-likeness (QED) is 0.567. The van der Waals surface area contributed by atoms with Gasteiger partial charge in [-0.15, -0.1) is 0 Å². The summed E-state index contributed by atoms with van der Waals surface area (Å²) in [5.74, 6) is 0. The largest absolute Gasteiger partial charge is 0.389 e.